The summed E-state index contributed by atoms with van der Waals surface area (Å²) in [6.45, 7) is 10.2. The van der Waals surface area contributed by atoms with E-state index < -0.39 is 5.97 Å². The Morgan fingerprint density at radius 1 is 0.982 bits per heavy atom. The summed E-state index contributed by atoms with van der Waals surface area (Å²) >= 11 is 5.89. The van der Waals surface area contributed by atoms with E-state index >= 15 is 0 Å². The topological polar surface area (TPSA) is 126 Å². The molecule has 1 amide bonds. The zero-order valence-electron chi connectivity index (χ0n) is 32.5. The van der Waals surface area contributed by atoms with Crippen molar-refractivity contribution in [2.45, 2.75) is 84.4 Å². The highest BCUT2D eigenvalue weighted by molar-refractivity contribution is 7.77. The number of pyridine rings is 1. The number of thiazole rings is 1. The number of anilines is 2. The number of para-hydroxylation sites is 1. The van der Waals surface area contributed by atoms with E-state index in [1.165, 1.54) is 17.8 Å². The molecule has 0 radical (unpaired) electrons. The molecule has 2 aromatic carbocycles. The maximum Gasteiger partial charge on any atom is 0.355 e. The molecule has 0 spiro atoms. The second-order valence-corrected chi connectivity index (χ2v) is 19.5. The molecule has 10 rings (SSSR count). The Hall–Kier alpha value is -4.30. The zero-order chi connectivity index (χ0) is 39.0. The van der Waals surface area contributed by atoms with Crippen molar-refractivity contribution >= 4 is 57.2 Å². The van der Waals surface area contributed by atoms with E-state index in [1.807, 2.05) is 73.0 Å². The molecule has 13 heteroatoms. The van der Waals surface area contributed by atoms with Crippen molar-refractivity contribution < 1.29 is 19.4 Å². The van der Waals surface area contributed by atoms with Gasteiger partial charge in [-0.1, -0.05) is 62.3 Å². The predicted molar refractivity (Wildman–Crippen MR) is 223 cm³/mol. The number of benzene rings is 2. The third kappa shape index (κ3) is 6.80. The summed E-state index contributed by atoms with van der Waals surface area (Å²) in [5, 5.41) is 19.0. The number of nitrogens with one attached hydrogen (secondary N) is 1. The summed E-state index contributed by atoms with van der Waals surface area (Å²) in [5.74, 6) is -0.742. The Balaban J connectivity index is 0.959. The first-order valence-corrected chi connectivity index (χ1v) is 20.8. The van der Waals surface area contributed by atoms with Crippen LogP contribution in [-0.4, -0.2) is 73.4 Å². The fourth-order valence-electron chi connectivity index (χ4n) is 11.8. The van der Waals surface area contributed by atoms with E-state index in [1.54, 1.807) is 0 Å². The highest BCUT2D eigenvalue weighted by Crippen LogP contribution is 2.72. The fourth-order valence-corrected chi connectivity index (χ4v) is 12.8. The maximum atomic E-state index is 13.6. The lowest BCUT2D eigenvalue weighted by Crippen LogP contribution is -2.64. The molecule has 4 fully saturated rings. The zero-order valence-corrected chi connectivity index (χ0v) is 34.2. The molecule has 2 N–H and O–H groups in total. The molecule has 4 heterocycles. The number of aromatic carboxylic acids is 1. The van der Waals surface area contributed by atoms with Crippen molar-refractivity contribution in [1.82, 2.24) is 24.1 Å². The summed E-state index contributed by atoms with van der Waals surface area (Å²) < 4.78 is 11.8. The van der Waals surface area contributed by atoms with Crippen molar-refractivity contribution in [3.05, 3.63) is 88.9 Å². The lowest BCUT2D eigenvalue weighted by Gasteiger charge is -2.69. The van der Waals surface area contributed by atoms with Crippen LogP contribution in [0, 0.1) is 23.2 Å². The van der Waals surface area contributed by atoms with Crippen LogP contribution in [0.2, 0.25) is 0 Å². The molecule has 4 saturated carbocycles. The van der Waals surface area contributed by atoms with Gasteiger partial charge in [0.1, 0.15) is 5.82 Å². The lowest BCUT2D eigenvalue weighted by molar-refractivity contribution is -0.248. The van der Waals surface area contributed by atoms with Crippen molar-refractivity contribution in [2.24, 2.45) is 16.2 Å². The van der Waals surface area contributed by atoms with Crippen molar-refractivity contribution in [3.8, 4) is 11.1 Å². The van der Waals surface area contributed by atoms with Crippen molar-refractivity contribution in [3.63, 3.8) is 0 Å². The Morgan fingerprint density at radius 3 is 2.52 bits per heavy atom. The van der Waals surface area contributed by atoms with Crippen LogP contribution in [0.15, 0.2) is 60.8 Å². The van der Waals surface area contributed by atoms with Gasteiger partial charge in [-0.15, -0.1) is 0 Å². The van der Waals surface area contributed by atoms with Crippen molar-refractivity contribution in [1.29, 1.82) is 0 Å². The van der Waals surface area contributed by atoms with E-state index in [4.69, 9.17) is 14.8 Å². The highest BCUT2D eigenvalue weighted by Gasteiger charge is 2.66. The summed E-state index contributed by atoms with van der Waals surface area (Å²) in [4.78, 5) is 37.9. The molecular formula is C43H49N7O4S2. The van der Waals surface area contributed by atoms with Crippen LogP contribution >= 0.6 is 24.2 Å². The molecule has 2 atom stereocenters. The summed E-state index contributed by atoms with van der Waals surface area (Å²) in [6, 6.07) is 17.4. The minimum atomic E-state index is -1.09. The minimum absolute atomic E-state index is 0.00542. The second kappa shape index (κ2) is 13.7. The van der Waals surface area contributed by atoms with Gasteiger partial charge in [-0.3, -0.25) is 19.1 Å². The van der Waals surface area contributed by atoms with Gasteiger partial charge in [0.05, 0.1) is 28.6 Å². The Kier molecular flexibility index (Phi) is 9.10. The van der Waals surface area contributed by atoms with E-state index in [-0.39, 0.29) is 33.4 Å². The number of amides is 1. The fraction of sp³-hybridized carbons (Fsp3) is 0.465. The minimum Gasteiger partial charge on any atom is -0.476 e. The molecule has 3 aromatic heterocycles. The van der Waals surface area contributed by atoms with Gasteiger partial charge in [0, 0.05) is 48.6 Å². The third-order valence-corrected chi connectivity index (χ3v) is 13.9. The third-order valence-electron chi connectivity index (χ3n) is 12.8. The first-order chi connectivity index (χ1) is 26.7. The number of hydrogen-bond donors (Lipinski definition) is 3. The quantitative estimate of drug-likeness (QED) is 0.113. The number of carbonyl (C=O) groups excluding carboxylic acids is 1. The first-order valence-electron chi connectivity index (χ1n) is 19.6. The van der Waals surface area contributed by atoms with E-state index in [2.05, 4.69) is 52.6 Å². The van der Waals surface area contributed by atoms with E-state index in [0.29, 0.717) is 48.2 Å². The summed E-state index contributed by atoms with van der Waals surface area (Å²) in [7, 11) is 1.96. The molecule has 56 heavy (non-hydrogen) atoms. The molecule has 2 unspecified atom stereocenters. The van der Waals surface area contributed by atoms with Crippen LogP contribution < -0.4 is 10.2 Å². The number of ether oxygens (including phenoxy) is 1. The molecule has 11 nitrogen and oxygen atoms in total. The van der Waals surface area contributed by atoms with Crippen molar-refractivity contribution in [2.75, 3.05) is 37.0 Å². The number of rotatable bonds is 11. The van der Waals surface area contributed by atoms with Crippen LogP contribution in [-0.2, 0) is 24.2 Å². The first kappa shape index (κ1) is 37.3. The van der Waals surface area contributed by atoms with Crippen LogP contribution in [0.3, 0.4) is 0 Å². The number of fused-ring (bicyclic) bond motifs is 2. The highest BCUT2D eigenvalue weighted by atomic mass is 32.1. The molecule has 1 aliphatic heterocycles. The Bertz CT molecular complexity index is 2320. The van der Waals surface area contributed by atoms with Gasteiger partial charge in [0.25, 0.3) is 5.91 Å². The van der Waals surface area contributed by atoms with Crippen LogP contribution in [0.25, 0.3) is 21.3 Å². The maximum absolute atomic E-state index is 13.6. The number of carboxylic acids is 1. The van der Waals surface area contributed by atoms with Crippen LogP contribution in [0.4, 0.5) is 10.9 Å². The Labute approximate surface area is 337 Å². The van der Waals surface area contributed by atoms with Gasteiger partial charge < -0.3 is 14.7 Å². The molecule has 0 saturated heterocycles. The predicted octanol–water partition coefficient (Wildman–Crippen LogP) is 8.29. The van der Waals surface area contributed by atoms with Gasteiger partial charge in [-0.25, -0.2) is 14.8 Å². The number of likely N-dealkylation sites (N-methyl/N-ethyl adjacent to an activating group) is 1. The van der Waals surface area contributed by atoms with Gasteiger partial charge in [0.15, 0.2) is 10.8 Å². The molecule has 4 bridgehead atoms. The normalized spacial score (nSPS) is 26.6. The summed E-state index contributed by atoms with van der Waals surface area (Å²) in [6.07, 6.45) is 9.22. The van der Waals surface area contributed by atoms with Crippen LogP contribution in [0.1, 0.15) is 90.0 Å². The SMILES string of the molecule is Cc1c(-c2ccc(N3CCc4cccc(C(=O)Nc5nc6ccccc6s5)c4C3)nc2C(=O)O)cnn1CC12CC3(C)CC(C)(C1)CC(OCCN(C)S)(C3)C2. The second-order valence-electron chi connectivity index (χ2n) is 17.8. The lowest BCUT2D eigenvalue weighted by atomic mass is 9.39. The number of carboxylic acid groups (broad SMARTS) is 1. The van der Waals surface area contributed by atoms with Gasteiger partial charge in [0.2, 0.25) is 0 Å². The number of thiol groups is 1. The number of hydrogen-bond acceptors (Lipinski definition) is 10. The van der Waals surface area contributed by atoms with Gasteiger partial charge >= 0.3 is 5.97 Å². The molecular weight excluding hydrogens is 743 g/mol. The van der Waals surface area contributed by atoms with E-state index in [0.717, 1.165) is 77.8 Å². The molecule has 4 aliphatic carbocycles. The Morgan fingerprint density at radius 2 is 1.77 bits per heavy atom. The average Bonchev–Trinajstić information content (AvgIpc) is 3.70. The van der Waals surface area contributed by atoms with Gasteiger partial charge in [-0.2, -0.15) is 5.10 Å². The van der Waals surface area contributed by atoms with Gasteiger partial charge in [-0.05, 0) is 117 Å². The monoisotopic (exact) mass is 791 g/mol. The molecule has 292 valence electrons. The average molecular weight is 792 g/mol. The summed E-state index contributed by atoms with van der Waals surface area (Å²) in [5.41, 5.74) is 6.04. The molecule has 5 aliphatic rings. The van der Waals surface area contributed by atoms with Crippen LogP contribution in [0.5, 0.6) is 0 Å². The smallest absolute Gasteiger partial charge is 0.355 e. The number of carbonyl (C=O) groups is 2. The van der Waals surface area contributed by atoms with E-state index in [9.17, 15) is 14.7 Å². The standard InChI is InChI=1S/C43H49N7O4S2/c1-27-31(18-44-50(27)26-42-21-40(2)20-41(3,22-42)24-43(23-40,25-42)54-17-16-48(4)55)29-12-13-35(46-36(29)38(52)53)49-15-14-28-8-7-9-30(32(28)19-49)37(51)47-39-45-33-10-5-6-11-34(33)56-39/h5-13,18,55H,14-17,19-26H2,1-4H3,(H,52,53)(H,45,47,51). The number of aromatic nitrogens is 4. The largest absolute Gasteiger partial charge is 0.476 e. The number of nitrogens with zero attached hydrogens (tertiary/aromatic N) is 6. The molecule has 5 aromatic rings.